The second kappa shape index (κ2) is 5.25. The van der Waals surface area contributed by atoms with Crippen molar-refractivity contribution in [3.8, 4) is 0 Å². The van der Waals surface area contributed by atoms with E-state index in [9.17, 15) is 0 Å². The largest absolute Gasteiger partial charge is 0.384 e. The summed E-state index contributed by atoms with van der Waals surface area (Å²) in [5.74, 6) is 0.0852. The van der Waals surface area contributed by atoms with Crippen LogP contribution in [0.4, 0.5) is 0 Å². The predicted octanol–water partition coefficient (Wildman–Crippen LogP) is 3.78. The lowest BCUT2D eigenvalue weighted by Gasteiger charge is -2.07. The van der Waals surface area contributed by atoms with E-state index in [0.717, 1.165) is 15.4 Å². The van der Waals surface area contributed by atoms with Gasteiger partial charge in [-0.05, 0) is 30.3 Å². The summed E-state index contributed by atoms with van der Waals surface area (Å²) < 4.78 is 0. The van der Waals surface area contributed by atoms with E-state index in [-0.39, 0.29) is 5.84 Å². The highest BCUT2D eigenvalue weighted by molar-refractivity contribution is 7.99. The SMILES string of the molecule is N=C(N)c1ccccc1Sc1ccc(Cl)cc1. The molecule has 0 atom stereocenters. The Kier molecular flexibility index (Phi) is 3.71. The number of rotatable bonds is 3. The summed E-state index contributed by atoms with van der Waals surface area (Å²) >= 11 is 7.40. The van der Waals surface area contributed by atoms with Gasteiger partial charge in [0.05, 0.1) is 0 Å². The predicted molar refractivity (Wildman–Crippen MR) is 73.0 cm³/mol. The van der Waals surface area contributed by atoms with Crippen LogP contribution in [-0.2, 0) is 0 Å². The average molecular weight is 263 g/mol. The molecule has 0 fully saturated rings. The van der Waals surface area contributed by atoms with Crippen LogP contribution in [-0.4, -0.2) is 5.84 Å². The second-order valence-electron chi connectivity index (χ2n) is 3.47. The fourth-order valence-corrected chi connectivity index (χ4v) is 2.49. The van der Waals surface area contributed by atoms with Crippen LogP contribution in [0, 0.1) is 5.41 Å². The minimum absolute atomic E-state index is 0.0852. The first-order valence-corrected chi connectivity index (χ1v) is 6.23. The van der Waals surface area contributed by atoms with Crippen LogP contribution < -0.4 is 5.73 Å². The Balaban J connectivity index is 2.30. The minimum Gasteiger partial charge on any atom is -0.384 e. The first-order valence-electron chi connectivity index (χ1n) is 5.03. The third kappa shape index (κ3) is 3.02. The standard InChI is InChI=1S/C13H11ClN2S/c14-9-5-7-10(8-6-9)17-12-4-2-1-3-11(12)13(15)16/h1-8H,(H3,15,16). The quantitative estimate of drug-likeness (QED) is 0.653. The normalized spacial score (nSPS) is 10.2. The van der Waals surface area contributed by atoms with Crippen LogP contribution >= 0.6 is 23.4 Å². The Morgan fingerprint density at radius 2 is 1.71 bits per heavy atom. The molecule has 0 radical (unpaired) electrons. The second-order valence-corrected chi connectivity index (χ2v) is 5.02. The number of nitrogen functional groups attached to an aromatic ring is 1. The number of benzene rings is 2. The molecule has 17 heavy (non-hydrogen) atoms. The van der Waals surface area contributed by atoms with Crippen LogP contribution in [0.3, 0.4) is 0 Å². The molecule has 2 nitrogen and oxygen atoms in total. The lowest BCUT2D eigenvalue weighted by molar-refractivity contribution is 1.33. The first kappa shape index (κ1) is 12.0. The van der Waals surface area contributed by atoms with E-state index in [1.165, 1.54) is 0 Å². The molecule has 86 valence electrons. The summed E-state index contributed by atoms with van der Waals surface area (Å²) in [6.07, 6.45) is 0. The number of hydrogen-bond donors (Lipinski definition) is 2. The van der Waals surface area contributed by atoms with Crippen molar-refractivity contribution in [1.29, 1.82) is 5.41 Å². The zero-order valence-corrected chi connectivity index (χ0v) is 10.6. The monoisotopic (exact) mass is 262 g/mol. The first-order chi connectivity index (χ1) is 8.16. The highest BCUT2D eigenvalue weighted by atomic mass is 35.5. The van der Waals surface area contributed by atoms with Gasteiger partial charge in [-0.1, -0.05) is 41.6 Å². The average Bonchev–Trinajstić information content (AvgIpc) is 2.32. The molecule has 0 amide bonds. The summed E-state index contributed by atoms with van der Waals surface area (Å²) in [6, 6.07) is 15.2. The molecule has 0 aliphatic rings. The zero-order valence-electron chi connectivity index (χ0n) is 8.98. The van der Waals surface area contributed by atoms with Gasteiger partial charge in [0.15, 0.2) is 0 Å². The summed E-state index contributed by atoms with van der Waals surface area (Å²) in [4.78, 5) is 2.05. The Morgan fingerprint density at radius 3 is 2.35 bits per heavy atom. The molecule has 0 unspecified atom stereocenters. The van der Waals surface area contributed by atoms with Gasteiger partial charge in [0.2, 0.25) is 0 Å². The van der Waals surface area contributed by atoms with Crippen molar-refractivity contribution in [1.82, 2.24) is 0 Å². The van der Waals surface area contributed by atoms with Gasteiger partial charge in [-0.3, -0.25) is 5.41 Å². The number of halogens is 1. The van der Waals surface area contributed by atoms with Gasteiger partial charge in [0, 0.05) is 20.4 Å². The number of nitrogens with one attached hydrogen (secondary N) is 1. The van der Waals surface area contributed by atoms with Gasteiger partial charge in [-0.25, -0.2) is 0 Å². The fourth-order valence-electron chi connectivity index (χ4n) is 1.41. The van der Waals surface area contributed by atoms with Gasteiger partial charge in [0.25, 0.3) is 0 Å². The lowest BCUT2D eigenvalue weighted by atomic mass is 10.2. The number of nitrogens with two attached hydrogens (primary N) is 1. The molecule has 0 saturated heterocycles. The Hall–Kier alpha value is -1.45. The molecule has 0 aromatic heterocycles. The van der Waals surface area contributed by atoms with E-state index in [1.54, 1.807) is 11.8 Å². The van der Waals surface area contributed by atoms with Crippen molar-refractivity contribution >= 4 is 29.2 Å². The van der Waals surface area contributed by atoms with E-state index in [1.807, 2.05) is 48.5 Å². The maximum Gasteiger partial charge on any atom is 0.123 e. The summed E-state index contributed by atoms with van der Waals surface area (Å²) in [6.45, 7) is 0. The van der Waals surface area contributed by atoms with E-state index < -0.39 is 0 Å². The summed E-state index contributed by atoms with van der Waals surface area (Å²) in [7, 11) is 0. The molecule has 0 aliphatic heterocycles. The molecule has 3 N–H and O–H groups in total. The molecule has 2 rings (SSSR count). The fraction of sp³-hybridized carbons (Fsp3) is 0. The van der Waals surface area contributed by atoms with E-state index >= 15 is 0 Å². The Bertz CT molecular complexity index is 537. The molecule has 0 saturated carbocycles. The van der Waals surface area contributed by atoms with Crippen LogP contribution in [0.25, 0.3) is 0 Å². The van der Waals surface area contributed by atoms with E-state index in [2.05, 4.69) is 0 Å². The molecule has 0 heterocycles. The smallest absolute Gasteiger partial charge is 0.123 e. The molecular formula is C13H11ClN2S. The van der Waals surface area contributed by atoms with Crippen molar-refractivity contribution in [2.75, 3.05) is 0 Å². The van der Waals surface area contributed by atoms with Crippen molar-refractivity contribution in [3.05, 3.63) is 59.1 Å². The van der Waals surface area contributed by atoms with Crippen LogP contribution in [0.1, 0.15) is 5.56 Å². The lowest BCUT2D eigenvalue weighted by Crippen LogP contribution is -2.11. The van der Waals surface area contributed by atoms with Crippen LogP contribution in [0.2, 0.25) is 5.02 Å². The third-order valence-corrected chi connectivity index (χ3v) is 3.55. The third-order valence-electron chi connectivity index (χ3n) is 2.22. The maximum atomic E-state index is 7.52. The van der Waals surface area contributed by atoms with Gasteiger partial charge < -0.3 is 5.73 Å². The highest BCUT2D eigenvalue weighted by Crippen LogP contribution is 2.30. The zero-order chi connectivity index (χ0) is 12.3. The van der Waals surface area contributed by atoms with E-state index in [0.29, 0.717) is 5.02 Å². The van der Waals surface area contributed by atoms with Crippen molar-refractivity contribution in [2.24, 2.45) is 5.73 Å². The molecule has 2 aromatic carbocycles. The van der Waals surface area contributed by atoms with Gasteiger partial charge in [-0.2, -0.15) is 0 Å². The molecule has 0 spiro atoms. The van der Waals surface area contributed by atoms with Gasteiger partial charge in [0.1, 0.15) is 5.84 Å². The van der Waals surface area contributed by atoms with E-state index in [4.69, 9.17) is 22.7 Å². The number of amidine groups is 1. The van der Waals surface area contributed by atoms with Crippen LogP contribution in [0.15, 0.2) is 58.3 Å². The van der Waals surface area contributed by atoms with Crippen molar-refractivity contribution < 1.29 is 0 Å². The molecule has 0 bridgehead atoms. The highest BCUT2D eigenvalue weighted by Gasteiger charge is 2.05. The molecule has 2 aromatic rings. The Labute approximate surface area is 109 Å². The molecule has 4 heteroatoms. The number of hydrogen-bond acceptors (Lipinski definition) is 2. The molecule has 0 aliphatic carbocycles. The summed E-state index contributed by atoms with van der Waals surface area (Å²) in [5, 5.41) is 8.24. The summed E-state index contributed by atoms with van der Waals surface area (Å²) in [5.41, 5.74) is 6.30. The van der Waals surface area contributed by atoms with Gasteiger partial charge in [-0.15, -0.1) is 0 Å². The van der Waals surface area contributed by atoms with Crippen molar-refractivity contribution in [2.45, 2.75) is 9.79 Å². The molecular weight excluding hydrogens is 252 g/mol. The Morgan fingerprint density at radius 1 is 1.06 bits per heavy atom. The van der Waals surface area contributed by atoms with Crippen molar-refractivity contribution in [3.63, 3.8) is 0 Å². The maximum absolute atomic E-state index is 7.52. The minimum atomic E-state index is 0.0852. The van der Waals surface area contributed by atoms with Gasteiger partial charge >= 0.3 is 0 Å². The topological polar surface area (TPSA) is 49.9 Å². The van der Waals surface area contributed by atoms with Crippen LogP contribution in [0.5, 0.6) is 0 Å².